The molecule has 4 N–H and O–H groups in total. The van der Waals surface area contributed by atoms with E-state index in [1.54, 1.807) is 30.3 Å². The fourth-order valence-electron chi connectivity index (χ4n) is 3.08. The number of H-pyrrole nitrogens is 1. The van der Waals surface area contributed by atoms with Crippen LogP contribution in [0.25, 0.3) is 11.0 Å². The van der Waals surface area contributed by atoms with Gasteiger partial charge < -0.3 is 20.4 Å². The van der Waals surface area contributed by atoms with Crippen molar-refractivity contribution in [2.75, 3.05) is 23.1 Å². The summed E-state index contributed by atoms with van der Waals surface area (Å²) in [5, 5.41) is 6.99. The lowest BCUT2D eigenvalue weighted by Gasteiger charge is -2.12. The third-order valence-corrected chi connectivity index (χ3v) is 5.75. The Hall–Kier alpha value is -4.26. The van der Waals surface area contributed by atoms with E-state index in [4.69, 9.17) is 0 Å². The van der Waals surface area contributed by atoms with Crippen LogP contribution in [-0.4, -0.2) is 29.2 Å². The number of carbonyl (C=O) groups excluding carboxylic acids is 2. The molecular formula is C23H17F4N5O3S. The zero-order valence-electron chi connectivity index (χ0n) is 18.4. The van der Waals surface area contributed by atoms with Crippen molar-refractivity contribution in [3.8, 4) is 0 Å². The summed E-state index contributed by atoms with van der Waals surface area (Å²) in [6.07, 6.45) is -5.32. The molecule has 1 heterocycles. The minimum atomic E-state index is -4.67. The molecule has 8 nitrogen and oxygen atoms in total. The number of benzene rings is 3. The predicted molar refractivity (Wildman–Crippen MR) is 127 cm³/mol. The maximum atomic E-state index is 13.8. The highest BCUT2D eigenvalue weighted by Crippen LogP contribution is 2.32. The molecule has 0 fully saturated rings. The highest BCUT2D eigenvalue weighted by atomic mass is 32.2. The first-order valence-electron chi connectivity index (χ1n) is 10.2. The molecule has 186 valence electrons. The number of aromatic amines is 1. The van der Waals surface area contributed by atoms with Crippen LogP contribution in [0.4, 0.5) is 44.5 Å². The first-order chi connectivity index (χ1) is 17.1. The number of hydrogen-bond donors (Lipinski definition) is 4. The van der Waals surface area contributed by atoms with Crippen molar-refractivity contribution < 1.29 is 31.9 Å². The highest BCUT2D eigenvalue weighted by molar-refractivity contribution is 7.99. The number of methoxy groups -OCH3 is 1. The van der Waals surface area contributed by atoms with Gasteiger partial charge in [0.25, 0.3) is 0 Å². The minimum Gasteiger partial charge on any atom is -0.453 e. The topological polar surface area (TPSA) is 108 Å². The number of ether oxygens (including phenoxy) is 1. The molecule has 0 saturated carbocycles. The smallest absolute Gasteiger partial charge is 0.416 e. The summed E-state index contributed by atoms with van der Waals surface area (Å²) in [6.45, 7) is 0. The molecule has 0 radical (unpaired) electrons. The number of hydrogen-bond acceptors (Lipinski definition) is 5. The molecule has 0 bridgehead atoms. The van der Waals surface area contributed by atoms with Gasteiger partial charge in [0, 0.05) is 15.5 Å². The fourth-order valence-corrected chi connectivity index (χ4v) is 3.93. The summed E-state index contributed by atoms with van der Waals surface area (Å²) in [6, 6.07) is 13.0. The number of halogens is 4. The summed E-state index contributed by atoms with van der Waals surface area (Å²) < 4.78 is 56.9. The molecule has 0 saturated heterocycles. The molecule has 36 heavy (non-hydrogen) atoms. The Kier molecular flexibility index (Phi) is 7.01. The normalized spacial score (nSPS) is 11.2. The van der Waals surface area contributed by atoms with Crippen LogP contribution in [0.5, 0.6) is 0 Å². The zero-order valence-corrected chi connectivity index (χ0v) is 19.2. The Morgan fingerprint density at radius 2 is 1.67 bits per heavy atom. The number of alkyl halides is 3. The monoisotopic (exact) mass is 519 g/mol. The van der Waals surface area contributed by atoms with E-state index in [-0.39, 0.29) is 5.95 Å². The van der Waals surface area contributed by atoms with E-state index < -0.39 is 35.4 Å². The predicted octanol–water partition coefficient (Wildman–Crippen LogP) is 6.69. The van der Waals surface area contributed by atoms with Crippen molar-refractivity contribution in [1.29, 1.82) is 0 Å². The van der Waals surface area contributed by atoms with Crippen molar-refractivity contribution in [3.63, 3.8) is 0 Å². The van der Waals surface area contributed by atoms with Gasteiger partial charge in [-0.1, -0.05) is 11.8 Å². The first-order valence-corrected chi connectivity index (χ1v) is 11.0. The summed E-state index contributed by atoms with van der Waals surface area (Å²) >= 11 is 1.42. The van der Waals surface area contributed by atoms with E-state index in [0.29, 0.717) is 34.9 Å². The molecule has 0 aliphatic carbocycles. The number of carbonyl (C=O) groups is 2. The van der Waals surface area contributed by atoms with Crippen LogP contribution < -0.4 is 16.0 Å². The van der Waals surface area contributed by atoms with Gasteiger partial charge in [-0.15, -0.1) is 0 Å². The second-order valence-corrected chi connectivity index (χ2v) is 8.43. The van der Waals surface area contributed by atoms with Gasteiger partial charge in [0.15, 0.2) is 0 Å². The molecule has 3 amide bonds. The van der Waals surface area contributed by atoms with E-state index >= 15 is 0 Å². The van der Waals surface area contributed by atoms with E-state index in [0.717, 1.165) is 9.79 Å². The number of nitrogens with one attached hydrogen (secondary N) is 4. The molecule has 1 aromatic heterocycles. The maximum Gasteiger partial charge on any atom is 0.416 e. The Morgan fingerprint density at radius 1 is 0.944 bits per heavy atom. The lowest BCUT2D eigenvalue weighted by atomic mass is 10.2. The first kappa shape index (κ1) is 24.9. The van der Waals surface area contributed by atoms with E-state index in [2.05, 4.69) is 30.7 Å². The summed E-state index contributed by atoms with van der Waals surface area (Å²) in [5.74, 6) is -0.746. The van der Waals surface area contributed by atoms with E-state index in [1.165, 1.54) is 18.9 Å². The van der Waals surface area contributed by atoms with Crippen molar-refractivity contribution in [2.24, 2.45) is 0 Å². The standard InChI is InChI=1S/C23H17F4N5O3S/c1-35-22(34)32-20-29-17-9-7-15(11-19(17)30-20)36-14-5-3-13(4-6-14)28-21(33)31-18-10-12(23(25,26)27)2-8-16(18)24/h2-11H,1H3,(H2,28,31,33)(H2,29,30,32,34). The fraction of sp³-hybridized carbons (Fsp3) is 0.0870. The minimum absolute atomic E-state index is 0.248. The Bertz CT molecular complexity index is 1420. The van der Waals surface area contributed by atoms with Crippen molar-refractivity contribution >= 4 is 52.2 Å². The lowest BCUT2D eigenvalue weighted by Crippen LogP contribution is -2.20. The van der Waals surface area contributed by atoms with Crippen molar-refractivity contribution in [2.45, 2.75) is 16.0 Å². The third kappa shape index (κ3) is 6.05. The number of amides is 3. The molecular weight excluding hydrogens is 502 g/mol. The van der Waals surface area contributed by atoms with Gasteiger partial charge in [-0.05, 0) is 60.7 Å². The molecule has 0 aliphatic rings. The van der Waals surface area contributed by atoms with Gasteiger partial charge in [-0.2, -0.15) is 13.2 Å². The quantitative estimate of drug-likeness (QED) is 0.220. The van der Waals surface area contributed by atoms with Gasteiger partial charge in [-0.25, -0.2) is 19.0 Å². The number of aromatic nitrogens is 2. The number of anilines is 3. The summed E-state index contributed by atoms with van der Waals surface area (Å²) in [7, 11) is 1.25. The van der Waals surface area contributed by atoms with Crippen LogP contribution in [-0.2, 0) is 10.9 Å². The average molecular weight is 519 g/mol. The number of imidazole rings is 1. The molecule has 0 aliphatic heterocycles. The lowest BCUT2D eigenvalue weighted by molar-refractivity contribution is -0.137. The Balaban J connectivity index is 1.39. The second-order valence-electron chi connectivity index (χ2n) is 7.28. The number of rotatable bonds is 5. The van der Waals surface area contributed by atoms with Crippen molar-refractivity contribution in [1.82, 2.24) is 9.97 Å². The number of nitrogens with zero attached hydrogens (tertiary/aromatic N) is 1. The largest absolute Gasteiger partial charge is 0.453 e. The Morgan fingerprint density at radius 3 is 2.36 bits per heavy atom. The number of urea groups is 1. The van der Waals surface area contributed by atoms with Gasteiger partial charge in [-0.3, -0.25) is 5.32 Å². The molecule has 4 rings (SSSR count). The maximum absolute atomic E-state index is 13.8. The van der Waals surface area contributed by atoms with Gasteiger partial charge in [0.05, 0.1) is 29.4 Å². The zero-order chi connectivity index (χ0) is 25.9. The molecule has 0 atom stereocenters. The highest BCUT2D eigenvalue weighted by Gasteiger charge is 2.31. The molecule has 3 aromatic carbocycles. The van der Waals surface area contributed by atoms with Gasteiger partial charge in [0.1, 0.15) is 5.82 Å². The molecule has 0 unspecified atom stereocenters. The van der Waals surface area contributed by atoms with Gasteiger partial charge >= 0.3 is 18.3 Å². The number of fused-ring (bicyclic) bond motifs is 1. The van der Waals surface area contributed by atoms with E-state index in [9.17, 15) is 27.2 Å². The Labute approximate surface area is 205 Å². The van der Waals surface area contributed by atoms with Crippen LogP contribution in [0.3, 0.4) is 0 Å². The molecule has 0 spiro atoms. The SMILES string of the molecule is COC(=O)Nc1nc2cc(Sc3ccc(NC(=O)Nc4cc(C(F)(F)F)ccc4F)cc3)ccc2[nH]1. The van der Waals surface area contributed by atoms with Crippen molar-refractivity contribution in [3.05, 3.63) is 72.0 Å². The van der Waals surface area contributed by atoms with Crippen LogP contribution in [0, 0.1) is 5.82 Å². The van der Waals surface area contributed by atoms with Crippen LogP contribution in [0.2, 0.25) is 0 Å². The van der Waals surface area contributed by atoms with Crippen LogP contribution in [0.1, 0.15) is 5.56 Å². The van der Waals surface area contributed by atoms with E-state index in [1.807, 2.05) is 12.1 Å². The third-order valence-electron chi connectivity index (χ3n) is 4.75. The van der Waals surface area contributed by atoms with Crippen LogP contribution in [0.15, 0.2) is 70.5 Å². The summed E-state index contributed by atoms with van der Waals surface area (Å²) in [4.78, 5) is 32.4. The average Bonchev–Trinajstić information content (AvgIpc) is 3.22. The second kappa shape index (κ2) is 10.2. The summed E-state index contributed by atoms with van der Waals surface area (Å²) in [5.41, 5.74) is 0.0278. The molecule has 4 aromatic rings. The van der Waals surface area contributed by atoms with Crippen LogP contribution >= 0.6 is 11.8 Å². The molecule has 13 heteroatoms. The van der Waals surface area contributed by atoms with Gasteiger partial charge in [0.2, 0.25) is 5.95 Å².